The van der Waals surface area contributed by atoms with Gasteiger partial charge in [0.2, 0.25) is 0 Å². The van der Waals surface area contributed by atoms with Crippen LogP contribution < -0.4 is 10.6 Å². The lowest BCUT2D eigenvalue weighted by Gasteiger charge is -2.23. The molecule has 0 bridgehead atoms. The minimum absolute atomic E-state index is 0.0228. The molecule has 0 aromatic heterocycles. The first-order valence-corrected chi connectivity index (χ1v) is 8.08. The zero-order chi connectivity index (χ0) is 16.8. The predicted octanol–water partition coefficient (Wildman–Crippen LogP) is 2.06. The van der Waals surface area contributed by atoms with E-state index in [-0.39, 0.29) is 24.6 Å². The van der Waals surface area contributed by atoms with Crippen molar-refractivity contribution in [2.75, 3.05) is 25.0 Å². The summed E-state index contributed by atoms with van der Waals surface area (Å²) in [5.74, 6) is 0.233. The van der Waals surface area contributed by atoms with Crippen LogP contribution in [-0.2, 0) is 0 Å². The van der Waals surface area contributed by atoms with Crippen LogP contribution in [0, 0.1) is 5.92 Å². The number of aliphatic hydroxyl groups is 1. The zero-order valence-electron chi connectivity index (χ0n) is 13.7. The van der Waals surface area contributed by atoms with Crippen molar-refractivity contribution in [1.29, 1.82) is 0 Å². The number of aliphatic hydroxyl groups excluding tert-OH is 1. The van der Waals surface area contributed by atoms with E-state index in [0.717, 1.165) is 12.8 Å². The molecule has 23 heavy (non-hydrogen) atoms. The molecule has 1 aromatic rings. The number of urea groups is 1. The van der Waals surface area contributed by atoms with Crippen LogP contribution in [0.25, 0.3) is 0 Å². The maximum absolute atomic E-state index is 12.3. The molecule has 126 valence electrons. The molecule has 3 N–H and O–H groups in total. The molecule has 1 atom stereocenters. The third kappa shape index (κ3) is 4.69. The highest BCUT2D eigenvalue weighted by Gasteiger charge is 2.28. The van der Waals surface area contributed by atoms with E-state index in [1.54, 1.807) is 29.2 Å². The molecule has 0 unspecified atom stereocenters. The molecule has 2 rings (SSSR count). The Bertz CT molecular complexity index is 560. The number of carbonyl (C=O) groups is 2. The van der Waals surface area contributed by atoms with Gasteiger partial charge in [-0.1, -0.05) is 19.9 Å². The molecule has 1 heterocycles. The van der Waals surface area contributed by atoms with Crippen LogP contribution in [-0.4, -0.2) is 47.7 Å². The molecular formula is C17H25N3O3. The summed E-state index contributed by atoms with van der Waals surface area (Å²) in [4.78, 5) is 26.0. The number of nitrogens with one attached hydrogen (secondary N) is 2. The average Bonchev–Trinajstić information content (AvgIpc) is 3.01. The number of rotatable bonds is 5. The van der Waals surface area contributed by atoms with Crippen LogP contribution in [0.2, 0.25) is 0 Å². The maximum atomic E-state index is 12.3. The summed E-state index contributed by atoms with van der Waals surface area (Å²) in [6.45, 7) is 5.30. The highest BCUT2D eigenvalue weighted by atomic mass is 16.3. The molecule has 6 nitrogen and oxygen atoms in total. The van der Waals surface area contributed by atoms with Crippen molar-refractivity contribution in [3.63, 3.8) is 0 Å². The number of carbonyl (C=O) groups excluding carboxylic acids is 2. The smallest absolute Gasteiger partial charge is 0.322 e. The number of benzene rings is 1. The first-order valence-electron chi connectivity index (χ1n) is 8.08. The fraction of sp³-hybridized carbons (Fsp3) is 0.529. The van der Waals surface area contributed by atoms with Gasteiger partial charge < -0.3 is 20.6 Å². The quantitative estimate of drug-likeness (QED) is 0.777. The normalized spacial score (nSPS) is 17.4. The van der Waals surface area contributed by atoms with Crippen LogP contribution in [0.1, 0.15) is 37.0 Å². The molecule has 1 saturated heterocycles. The van der Waals surface area contributed by atoms with Crippen molar-refractivity contribution in [1.82, 2.24) is 10.2 Å². The average molecular weight is 319 g/mol. The molecule has 1 aromatic carbocycles. The molecule has 0 saturated carbocycles. The second-order valence-electron chi connectivity index (χ2n) is 6.29. The highest BCUT2D eigenvalue weighted by Crippen LogP contribution is 2.19. The van der Waals surface area contributed by atoms with E-state index in [4.69, 9.17) is 0 Å². The third-order valence-corrected chi connectivity index (χ3v) is 3.90. The maximum Gasteiger partial charge on any atom is 0.322 e. The van der Waals surface area contributed by atoms with E-state index in [9.17, 15) is 14.7 Å². The Balaban J connectivity index is 1.99. The second kappa shape index (κ2) is 7.97. The first-order chi connectivity index (χ1) is 11.0. The Labute approximate surface area is 136 Å². The summed E-state index contributed by atoms with van der Waals surface area (Å²) in [6, 6.07) is 6.53. The van der Waals surface area contributed by atoms with Crippen LogP contribution >= 0.6 is 0 Å². The Hall–Kier alpha value is -2.08. The van der Waals surface area contributed by atoms with Gasteiger partial charge in [-0.25, -0.2) is 4.79 Å². The summed E-state index contributed by atoms with van der Waals surface area (Å²) in [7, 11) is 0. The van der Waals surface area contributed by atoms with Crippen LogP contribution in [0.3, 0.4) is 0 Å². The Morgan fingerprint density at radius 1 is 1.39 bits per heavy atom. The molecule has 3 amide bonds. The van der Waals surface area contributed by atoms with E-state index in [1.807, 2.05) is 13.8 Å². The topological polar surface area (TPSA) is 81.7 Å². The van der Waals surface area contributed by atoms with Crippen molar-refractivity contribution >= 4 is 17.6 Å². The van der Waals surface area contributed by atoms with Crippen LogP contribution in [0.5, 0.6) is 0 Å². The summed E-state index contributed by atoms with van der Waals surface area (Å²) >= 11 is 0. The molecule has 1 aliphatic rings. The van der Waals surface area contributed by atoms with Crippen LogP contribution in [0.15, 0.2) is 24.3 Å². The zero-order valence-corrected chi connectivity index (χ0v) is 13.7. The Morgan fingerprint density at radius 3 is 2.87 bits per heavy atom. The van der Waals surface area contributed by atoms with Crippen molar-refractivity contribution in [2.24, 2.45) is 5.92 Å². The number of anilines is 1. The Kier molecular flexibility index (Phi) is 5.98. The number of hydrogen-bond acceptors (Lipinski definition) is 3. The standard InChI is InChI=1S/C17H25N3O3/c1-12(2)10-18-16(22)13-5-3-6-14(9-13)19-17(23)20-8-4-7-15(20)11-21/h3,5-6,9,12,15,21H,4,7-8,10-11H2,1-2H3,(H,18,22)(H,19,23)/t15-/m1/s1. The fourth-order valence-electron chi connectivity index (χ4n) is 2.63. The van der Waals surface area contributed by atoms with Crippen molar-refractivity contribution in [2.45, 2.75) is 32.7 Å². The molecular weight excluding hydrogens is 294 g/mol. The number of nitrogens with zero attached hydrogens (tertiary/aromatic N) is 1. The van der Waals surface area contributed by atoms with Gasteiger partial charge in [-0.05, 0) is 37.0 Å². The summed E-state index contributed by atoms with van der Waals surface area (Å²) in [5, 5.41) is 15.0. The van der Waals surface area contributed by atoms with E-state index < -0.39 is 0 Å². The minimum Gasteiger partial charge on any atom is -0.394 e. The number of likely N-dealkylation sites (tertiary alicyclic amines) is 1. The van der Waals surface area contributed by atoms with Gasteiger partial charge in [-0.3, -0.25) is 4.79 Å². The van der Waals surface area contributed by atoms with Crippen molar-refractivity contribution < 1.29 is 14.7 Å². The lowest BCUT2D eigenvalue weighted by molar-refractivity contribution is 0.0949. The van der Waals surface area contributed by atoms with E-state index in [2.05, 4.69) is 10.6 Å². The molecule has 0 spiro atoms. The molecule has 1 fully saturated rings. The summed E-state index contributed by atoms with van der Waals surface area (Å²) < 4.78 is 0. The first kappa shape index (κ1) is 17.3. The summed E-state index contributed by atoms with van der Waals surface area (Å²) in [6.07, 6.45) is 1.72. The van der Waals surface area contributed by atoms with Crippen molar-refractivity contribution in [3.05, 3.63) is 29.8 Å². The van der Waals surface area contributed by atoms with E-state index in [1.165, 1.54) is 0 Å². The van der Waals surface area contributed by atoms with Gasteiger partial charge in [0.25, 0.3) is 5.91 Å². The lowest BCUT2D eigenvalue weighted by atomic mass is 10.1. The second-order valence-corrected chi connectivity index (χ2v) is 6.29. The third-order valence-electron chi connectivity index (χ3n) is 3.90. The SMILES string of the molecule is CC(C)CNC(=O)c1cccc(NC(=O)N2CCC[C@@H]2CO)c1. The number of amides is 3. The molecule has 0 aliphatic carbocycles. The largest absolute Gasteiger partial charge is 0.394 e. The fourth-order valence-corrected chi connectivity index (χ4v) is 2.63. The Morgan fingerprint density at radius 2 is 2.17 bits per heavy atom. The van der Waals surface area contributed by atoms with Gasteiger partial charge in [-0.15, -0.1) is 0 Å². The van der Waals surface area contributed by atoms with Gasteiger partial charge in [-0.2, -0.15) is 0 Å². The van der Waals surface area contributed by atoms with Gasteiger partial charge in [0, 0.05) is 24.3 Å². The molecule has 0 radical (unpaired) electrons. The van der Waals surface area contributed by atoms with Gasteiger partial charge in [0.15, 0.2) is 0 Å². The van der Waals surface area contributed by atoms with E-state index >= 15 is 0 Å². The molecule has 1 aliphatic heterocycles. The van der Waals surface area contributed by atoms with Gasteiger partial charge in [0.1, 0.15) is 0 Å². The monoisotopic (exact) mass is 319 g/mol. The van der Waals surface area contributed by atoms with Gasteiger partial charge in [0.05, 0.1) is 12.6 Å². The number of hydrogen-bond donors (Lipinski definition) is 3. The minimum atomic E-state index is -0.235. The summed E-state index contributed by atoms with van der Waals surface area (Å²) in [5.41, 5.74) is 1.10. The van der Waals surface area contributed by atoms with Crippen LogP contribution in [0.4, 0.5) is 10.5 Å². The van der Waals surface area contributed by atoms with E-state index in [0.29, 0.717) is 30.3 Å². The predicted molar refractivity (Wildman–Crippen MR) is 89.4 cm³/mol. The highest BCUT2D eigenvalue weighted by molar-refractivity contribution is 5.97. The van der Waals surface area contributed by atoms with Gasteiger partial charge >= 0.3 is 6.03 Å². The lowest BCUT2D eigenvalue weighted by Crippen LogP contribution is -2.40. The molecule has 6 heteroatoms. The van der Waals surface area contributed by atoms with Crippen molar-refractivity contribution in [3.8, 4) is 0 Å².